The first-order valence-electron chi connectivity index (χ1n) is 6.19. The van der Waals surface area contributed by atoms with Gasteiger partial charge in [0, 0.05) is 13.1 Å². The van der Waals surface area contributed by atoms with E-state index in [1.165, 1.54) is 6.42 Å². The number of hydrogen-bond donors (Lipinski definition) is 1. The highest BCUT2D eigenvalue weighted by atomic mass is 35.5. The Morgan fingerprint density at radius 3 is 2.38 bits per heavy atom. The third-order valence-corrected chi connectivity index (χ3v) is 3.54. The Hall–Kier alpha value is -0.280. The summed E-state index contributed by atoms with van der Waals surface area (Å²) in [5.41, 5.74) is 0. The lowest BCUT2D eigenvalue weighted by molar-refractivity contribution is -0.135. The van der Waals surface area contributed by atoms with Gasteiger partial charge in [0.1, 0.15) is 0 Å². The topological polar surface area (TPSA) is 32.3 Å². The minimum Gasteiger partial charge on any atom is -0.341 e. The second-order valence-corrected chi connectivity index (χ2v) is 5.34. The molecule has 0 spiro atoms. The van der Waals surface area contributed by atoms with Gasteiger partial charge in [0.2, 0.25) is 5.91 Å². The van der Waals surface area contributed by atoms with Crippen molar-refractivity contribution < 1.29 is 4.79 Å². The molecule has 94 valence electrons. The predicted octanol–water partition coefficient (Wildman–Crippen LogP) is 1.66. The average Bonchev–Trinajstić information content (AvgIpc) is 2.67. The molecule has 3 atom stereocenters. The van der Waals surface area contributed by atoms with Crippen LogP contribution in [0.4, 0.5) is 0 Å². The average molecular weight is 247 g/mol. The molecule has 2 fully saturated rings. The van der Waals surface area contributed by atoms with Crippen LogP contribution in [0.3, 0.4) is 0 Å². The maximum absolute atomic E-state index is 12.2. The van der Waals surface area contributed by atoms with Gasteiger partial charge in [-0.25, -0.2) is 0 Å². The van der Waals surface area contributed by atoms with E-state index in [2.05, 4.69) is 24.1 Å². The fraction of sp³-hybridized carbons (Fsp3) is 0.917. The Kier molecular flexibility index (Phi) is 5.06. The number of nitrogens with one attached hydrogen (secondary N) is 1. The Morgan fingerprint density at radius 2 is 1.88 bits per heavy atom. The van der Waals surface area contributed by atoms with Gasteiger partial charge in [0.15, 0.2) is 0 Å². The predicted molar refractivity (Wildman–Crippen MR) is 67.8 cm³/mol. The first kappa shape index (κ1) is 13.8. The van der Waals surface area contributed by atoms with Crippen molar-refractivity contribution in [1.82, 2.24) is 10.2 Å². The van der Waals surface area contributed by atoms with Crippen molar-refractivity contribution in [3.05, 3.63) is 0 Å². The SMILES string of the molecule is CC1CC(C)CN(C(=O)C2CCCN2)C1.Cl. The van der Waals surface area contributed by atoms with Gasteiger partial charge in [-0.2, -0.15) is 0 Å². The standard InChI is InChI=1S/C12H22N2O.ClH/c1-9-6-10(2)8-14(7-9)12(15)11-4-3-5-13-11;/h9-11,13H,3-8H2,1-2H3;1H. The summed E-state index contributed by atoms with van der Waals surface area (Å²) in [7, 11) is 0. The van der Waals surface area contributed by atoms with Crippen LogP contribution in [0.15, 0.2) is 0 Å². The van der Waals surface area contributed by atoms with E-state index in [0.29, 0.717) is 17.7 Å². The van der Waals surface area contributed by atoms with Gasteiger partial charge < -0.3 is 10.2 Å². The third kappa shape index (κ3) is 3.11. The summed E-state index contributed by atoms with van der Waals surface area (Å²) in [6, 6.07) is 0.113. The molecule has 0 aromatic rings. The van der Waals surface area contributed by atoms with E-state index in [1.807, 2.05) is 0 Å². The molecule has 2 saturated heterocycles. The smallest absolute Gasteiger partial charge is 0.239 e. The first-order chi connectivity index (χ1) is 7.16. The lowest BCUT2D eigenvalue weighted by Crippen LogP contribution is -2.49. The van der Waals surface area contributed by atoms with Crippen LogP contribution in [0.1, 0.15) is 33.1 Å². The van der Waals surface area contributed by atoms with E-state index >= 15 is 0 Å². The zero-order chi connectivity index (χ0) is 10.8. The minimum atomic E-state index is 0. The fourth-order valence-corrected chi connectivity index (χ4v) is 2.96. The fourth-order valence-electron chi connectivity index (χ4n) is 2.96. The molecule has 0 radical (unpaired) electrons. The Morgan fingerprint density at radius 1 is 1.25 bits per heavy atom. The van der Waals surface area contributed by atoms with Crippen molar-refractivity contribution >= 4 is 18.3 Å². The Bertz CT molecular complexity index is 231. The Balaban J connectivity index is 0.00000128. The zero-order valence-electron chi connectivity index (χ0n) is 10.2. The normalized spacial score (nSPS) is 34.6. The van der Waals surface area contributed by atoms with E-state index < -0.39 is 0 Å². The number of hydrogen-bond acceptors (Lipinski definition) is 2. The summed E-state index contributed by atoms with van der Waals surface area (Å²) in [5.74, 6) is 1.67. The highest BCUT2D eigenvalue weighted by molar-refractivity contribution is 5.85. The van der Waals surface area contributed by atoms with Crippen LogP contribution >= 0.6 is 12.4 Å². The van der Waals surface area contributed by atoms with Gasteiger partial charge in [0.25, 0.3) is 0 Å². The van der Waals surface area contributed by atoms with Crippen molar-refractivity contribution in [2.45, 2.75) is 39.2 Å². The first-order valence-corrected chi connectivity index (χ1v) is 6.19. The van der Waals surface area contributed by atoms with E-state index in [0.717, 1.165) is 32.5 Å². The van der Waals surface area contributed by atoms with Gasteiger partial charge in [-0.1, -0.05) is 13.8 Å². The molecule has 2 rings (SSSR count). The number of halogens is 1. The molecule has 1 amide bonds. The molecule has 2 heterocycles. The second-order valence-electron chi connectivity index (χ2n) is 5.34. The van der Waals surface area contributed by atoms with E-state index in [4.69, 9.17) is 0 Å². The lowest BCUT2D eigenvalue weighted by atomic mass is 9.91. The maximum atomic E-state index is 12.2. The molecule has 0 bridgehead atoms. The van der Waals surface area contributed by atoms with Gasteiger partial charge >= 0.3 is 0 Å². The molecular weight excluding hydrogens is 224 g/mol. The number of amides is 1. The zero-order valence-corrected chi connectivity index (χ0v) is 11.1. The summed E-state index contributed by atoms with van der Waals surface area (Å²) in [5, 5.41) is 3.29. The van der Waals surface area contributed by atoms with Crippen molar-refractivity contribution in [2.75, 3.05) is 19.6 Å². The van der Waals surface area contributed by atoms with Crippen molar-refractivity contribution in [3.8, 4) is 0 Å². The van der Waals surface area contributed by atoms with Crippen LogP contribution in [0.5, 0.6) is 0 Å². The molecule has 0 aromatic carbocycles. The molecule has 0 aliphatic carbocycles. The van der Waals surface area contributed by atoms with Crippen LogP contribution < -0.4 is 5.32 Å². The summed E-state index contributed by atoms with van der Waals surface area (Å²) in [6.45, 7) is 7.42. The quantitative estimate of drug-likeness (QED) is 0.763. The summed E-state index contributed by atoms with van der Waals surface area (Å²) in [4.78, 5) is 14.2. The van der Waals surface area contributed by atoms with Crippen LogP contribution in [0, 0.1) is 11.8 Å². The van der Waals surface area contributed by atoms with Gasteiger partial charge in [0.05, 0.1) is 6.04 Å². The number of carbonyl (C=O) groups is 1. The molecule has 4 heteroatoms. The number of carbonyl (C=O) groups excluding carboxylic acids is 1. The monoisotopic (exact) mass is 246 g/mol. The molecule has 2 aliphatic rings. The van der Waals surface area contributed by atoms with E-state index in [9.17, 15) is 4.79 Å². The molecule has 3 nitrogen and oxygen atoms in total. The van der Waals surface area contributed by atoms with E-state index in [1.54, 1.807) is 0 Å². The van der Waals surface area contributed by atoms with Crippen molar-refractivity contribution in [3.63, 3.8) is 0 Å². The molecular formula is C12H23ClN2O. The number of likely N-dealkylation sites (tertiary alicyclic amines) is 1. The number of piperidine rings is 1. The second kappa shape index (κ2) is 5.87. The van der Waals surface area contributed by atoms with Gasteiger partial charge in [-0.05, 0) is 37.6 Å². The maximum Gasteiger partial charge on any atom is 0.239 e. The molecule has 2 aliphatic heterocycles. The Labute approximate surface area is 104 Å². The summed E-state index contributed by atoms with van der Waals surface area (Å²) >= 11 is 0. The molecule has 3 unspecified atom stereocenters. The highest BCUT2D eigenvalue weighted by Crippen LogP contribution is 2.22. The van der Waals surface area contributed by atoms with Gasteiger partial charge in [-0.15, -0.1) is 12.4 Å². The largest absolute Gasteiger partial charge is 0.341 e. The highest BCUT2D eigenvalue weighted by Gasteiger charge is 2.31. The summed E-state index contributed by atoms with van der Waals surface area (Å²) in [6.07, 6.45) is 3.44. The van der Waals surface area contributed by atoms with Crippen molar-refractivity contribution in [2.24, 2.45) is 11.8 Å². The molecule has 0 saturated carbocycles. The lowest BCUT2D eigenvalue weighted by Gasteiger charge is -2.36. The van der Waals surface area contributed by atoms with Crippen LogP contribution in [0.2, 0.25) is 0 Å². The van der Waals surface area contributed by atoms with Crippen LogP contribution in [0.25, 0.3) is 0 Å². The van der Waals surface area contributed by atoms with Gasteiger partial charge in [-0.3, -0.25) is 4.79 Å². The number of rotatable bonds is 1. The van der Waals surface area contributed by atoms with E-state index in [-0.39, 0.29) is 18.4 Å². The van der Waals surface area contributed by atoms with Crippen molar-refractivity contribution in [1.29, 1.82) is 0 Å². The molecule has 1 N–H and O–H groups in total. The third-order valence-electron chi connectivity index (χ3n) is 3.54. The van der Waals surface area contributed by atoms with Crippen LogP contribution in [-0.2, 0) is 4.79 Å². The summed E-state index contributed by atoms with van der Waals surface area (Å²) < 4.78 is 0. The minimum absolute atomic E-state index is 0. The molecule has 16 heavy (non-hydrogen) atoms. The number of nitrogens with zero attached hydrogens (tertiary/aromatic N) is 1. The van der Waals surface area contributed by atoms with Crippen LogP contribution in [-0.4, -0.2) is 36.5 Å². The molecule has 0 aromatic heterocycles.